The quantitative estimate of drug-likeness (QED) is 0.241. The predicted molar refractivity (Wildman–Crippen MR) is 224 cm³/mol. The van der Waals surface area contributed by atoms with Crippen LogP contribution in [0.15, 0.2) is 42.5 Å². The first-order valence-corrected chi connectivity index (χ1v) is 21.0. The number of para-hydroxylation sites is 1. The molecule has 0 aliphatic carbocycles. The number of phenols is 1. The molecule has 3 atom stereocenters. The zero-order chi connectivity index (χ0) is 43.4. The molecule has 61 heavy (non-hydrogen) atoms. The number of amides is 4. The minimum absolute atomic E-state index is 0.0171. The van der Waals surface area contributed by atoms with Crippen molar-refractivity contribution >= 4 is 41.8 Å². The van der Waals surface area contributed by atoms with Gasteiger partial charge in [-0.2, -0.15) is 0 Å². The number of aromatic nitrogens is 2. The summed E-state index contributed by atoms with van der Waals surface area (Å²) < 4.78 is 41.7. The number of carbonyl (C=O) groups excluding carboxylic acids is 4. The minimum Gasteiger partial charge on any atom is -0.504 e. The molecule has 5 aliphatic rings. The summed E-state index contributed by atoms with van der Waals surface area (Å²) in [7, 11) is 1.82. The molecule has 6 heterocycles. The maximum absolute atomic E-state index is 14.0. The molecule has 0 spiro atoms. The Morgan fingerprint density at radius 3 is 2.56 bits per heavy atom. The number of alkyl halides is 2. The molecule has 3 unspecified atom stereocenters. The molecule has 1 aromatic heterocycles. The molecule has 0 bridgehead atoms. The lowest BCUT2D eigenvalue weighted by molar-refractivity contribution is -0.125. The van der Waals surface area contributed by atoms with Crippen LogP contribution in [0.4, 0.5) is 30.4 Å². The number of nitrogens with zero attached hydrogens (tertiary/aromatic N) is 8. The van der Waals surface area contributed by atoms with E-state index in [1.165, 1.54) is 12.1 Å². The Morgan fingerprint density at radius 1 is 1.05 bits per heavy atom. The SMILES string of the molecule is CC1CN(C=O)CCN1CC1CCN(c2ccc3c(c2)C(=O)N(C(C)CCC(=O)NC=O)C3)CC1.CN1CCN2c3cc(-c4cccc(F)c4O)nnc3NCC2(C(F)F)C1. The van der Waals surface area contributed by atoms with Crippen LogP contribution < -0.4 is 20.4 Å². The summed E-state index contributed by atoms with van der Waals surface area (Å²) in [5.74, 6) is -0.556. The molecule has 4 amide bonds. The minimum atomic E-state index is -2.56. The van der Waals surface area contributed by atoms with Gasteiger partial charge in [-0.05, 0) is 82.0 Å². The van der Waals surface area contributed by atoms with Gasteiger partial charge in [0.1, 0.15) is 5.54 Å². The number of fused-ring (bicyclic) bond motifs is 4. The molecule has 3 N–H and O–H groups in total. The van der Waals surface area contributed by atoms with E-state index in [9.17, 15) is 37.5 Å². The Kier molecular flexibility index (Phi) is 13.3. The second-order valence-electron chi connectivity index (χ2n) is 17.0. The van der Waals surface area contributed by atoms with E-state index >= 15 is 0 Å². The van der Waals surface area contributed by atoms with Gasteiger partial charge >= 0.3 is 0 Å². The van der Waals surface area contributed by atoms with Crippen molar-refractivity contribution in [3.8, 4) is 17.0 Å². The van der Waals surface area contributed by atoms with E-state index in [2.05, 4.69) is 49.7 Å². The van der Waals surface area contributed by atoms with Gasteiger partial charge in [-0.25, -0.2) is 13.2 Å². The zero-order valence-electron chi connectivity index (χ0n) is 34.9. The molecule has 18 heteroatoms. The molecular weight excluding hydrogens is 794 g/mol. The number of rotatable bonds is 11. The van der Waals surface area contributed by atoms with Gasteiger partial charge in [0.2, 0.25) is 18.7 Å². The van der Waals surface area contributed by atoms with Crippen molar-refractivity contribution in [2.75, 3.05) is 87.6 Å². The molecule has 2 aromatic carbocycles. The van der Waals surface area contributed by atoms with Gasteiger partial charge in [0.25, 0.3) is 12.3 Å². The van der Waals surface area contributed by atoms with Crippen molar-refractivity contribution in [1.29, 1.82) is 0 Å². The average Bonchev–Trinajstić information content (AvgIpc) is 3.59. The lowest BCUT2D eigenvalue weighted by Crippen LogP contribution is -2.70. The number of likely N-dealkylation sites (N-methyl/N-ethyl adjacent to an activating group) is 1. The molecule has 5 aliphatic heterocycles. The first kappa shape index (κ1) is 43.6. The van der Waals surface area contributed by atoms with Crippen molar-refractivity contribution in [1.82, 2.24) is 35.1 Å². The molecule has 3 fully saturated rings. The number of nitrogens with one attached hydrogen (secondary N) is 2. The number of anilines is 3. The van der Waals surface area contributed by atoms with Crippen LogP contribution in [-0.2, 0) is 20.9 Å². The van der Waals surface area contributed by atoms with E-state index in [4.69, 9.17) is 0 Å². The van der Waals surface area contributed by atoms with Gasteiger partial charge in [0, 0.05) is 107 Å². The number of hydrogen-bond donors (Lipinski definition) is 3. The van der Waals surface area contributed by atoms with E-state index in [1.54, 1.807) is 11.0 Å². The fourth-order valence-corrected chi connectivity index (χ4v) is 9.30. The van der Waals surface area contributed by atoms with Gasteiger partial charge in [-0.3, -0.25) is 29.4 Å². The van der Waals surface area contributed by atoms with E-state index in [1.807, 2.05) is 34.7 Å². The van der Waals surface area contributed by atoms with Gasteiger partial charge in [0.05, 0.1) is 11.4 Å². The van der Waals surface area contributed by atoms with Crippen LogP contribution in [0.3, 0.4) is 0 Å². The highest BCUT2D eigenvalue weighted by atomic mass is 19.3. The summed E-state index contributed by atoms with van der Waals surface area (Å²) >= 11 is 0. The topological polar surface area (TPSA) is 158 Å². The van der Waals surface area contributed by atoms with E-state index in [-0.39, 0.29) is 48.6 Å². The van der Waals surface area contributed by atoms with Gasteiger partial charge in [-0.1, -0.05) is 12.1 Å². The Balaban J connectivity index is 0.000000192. The summed E-state index contributed by atoms with van der Waals surface area (Å²) in [6, 6.07) is 12.2. The average molecular weight is 849 g/mol. The third-order valence-corrected chi connectivity index (χ3v) is 13.0. The van der Waals surface area contributed by atoms with Crippen molar-refractivity contribution < 1.29 is 37.5 Å². The highest BCUT2D eigenvalue weighted by Crippen LogP contribution is 2.42. The Labute approximate surface area is 353 Å². The normalized spacial score (nSPS) is 22.4. The van der Waals surface area contributed by atoms with E-state index in [0.29, 0.717) is 55.9 Å². The number of carbonyl (C=O) groups is 4. The molecule has 8 rings (SSSR count). The highest BCUT2D eigenvalue weighted by molar-refractivity contribution is 5.99. The molecule has 15 nitrogen and oxygen atoms in total. The monoisotopic (exact) mass is 848 g/mol. The predicted octanol–water partition coefficient (Wildman–Crippen LogP) is 3.63. The van der Waals surface area contributed by atoms with Crippen LogP contribution in [0.2, 0.25) is 0 Å². The zero-order valence-corrected chi connectivity index (χ0v) is 34.9. The molecule has 328 valence electrons. The molecular formula is C43H55F3N10O5. The lowest BCUT2D eigenvalue weighted by Gasteiger charge is -2.53. The Hall–Kier alpha value is -5.49. The fraction of sp³-hybridized carbons (Fsp3) is 0.535. The van der Waals surface area contributed by atoms with Gasteiger partial charge < -0.3 is 34.9 Å². The number of halogens is 3. The van der Waals surface area contributed by atoms with Crippen LogP contribution in [0.5, 0.6) is 5.75 Å². The fourth-order valence-electron chi connectivity index (χ4n) is 9.30. The maximum atomic E-state index is 14.0. The van der Waals surface area contributed by atoms with Crippen molar-refractivity contribution in [2.24, 2.45) is 5.92 Å². The Morgan fingerprint density at radius 2 is 1.84 bits per heavy atom. The first-order valence-electron chi connectivity index (χ1n) is 21.0. The van der Waals surface area contributed by atoms with E-state index < -0.39 is 23.5 Å². The third kappa shape index (κ3) is 9.24. The standard InChI is InChI=1S/C26H37N5O4.C17H18F3N5O/c1-19(3-6-25(34)27-17-32)31-16-22-4-5-23(13-24(22)26(31)35)29-9-7-21(8-10-29)15-30-12-11-28(18-33)14-20(30)2;1-24-5-6-25-13-7-12(10-3-2-4-11(18)14(10)26)22-23-15(13)21-8-17(25,9-24)16(19)20/h4-5,13,17-21H,3,6-12,14-16H2,1-2H3,(H,27,32,34);2-4,7,16,26H,5-6,8-9H2,1H3,(H,21,23). The smallest absolute Gasteiger partial charge is 0.264 e. The van der Waals surface area contributed by atoms with Crippen LogP contribution in [0.1, 0.15) is 55.5 Å². The third-order valence-electron chi connectivity index (χ3n) is 13.0. The first-order chi connectivity index (χ1) is 29.3. The second-order valence-corrected chi connectivity index (χ2v) is 17.0. The summed E-state index contributed by atoms with van der Waals surface area (Å²) in [6.45, 7) is 11.6. The number of hydrogen-bond acceptors (Lipinski definition) is 12. The number of piperidine rings is 1. The molecule has 0 saturated carbocycles. The van der Waals surface area contributed by atoms with E-state index in [0.717, 1.165) is 81.4 Å². The summed E-state index contributed by atoms with van der Waals surface area (Å²) in [4.78, 5) is 58.3. The number of piperazine rings is 2. The van der Waals surface area contributed by atoms with Crippen LogP contribution >= 0.6 is 0 Å². The molecule has 0 radical (unpaired) electrons. The van der Waals surface area contributed by atoms with Crippen LogP contribution in [0, 0.1) is 11.7 Å². The maximum Gasteiger partial charge on any atom is 0.264 e. The lowest BCUT2D eigenvalue weighted by atomic mass is 9.91. The largest absolute Gasteiger partial charge is 0.504 e. The summed E-state index contributed by atoms with van der Waals surface area (Å²) in [6.07, 6.45) is 1.77. The van der Waals surface area contributed by atoms with Crippen LogP contribution in [-0.4, -0.2) is 156 Å². The molecule has 3 saturated heterocycles. The summed E-state index contributed by atoms with van der Waals surface area (Å²) in [5, 5.41) is 23.2. The van der Waals surface area contributed by atoms with Gasteiger partial charge in [-0.15, -0.1) is 10.2 Å². The van der Waals surface area contributed by atoms with Crippen molar-refractivity contribution in [2.45, 2.75) is 70.1 Å². The Bertz CT molecular complexity index is 2090. The number of phenolic OH excluding ortho intramolecular Hbond substituents is 1. The molecule has 3 aromatic rings. The van der Waals surface area contributed by atoms with Gasteiger partial charge in [0.15, 0.2) is 17.4 Å². The number of aromatic hydroxyl groups is 1. The highest BCUT2D eigenvalue weighted by Gasteiger charge is 2.51. The number of imide groups is 1. The van der Waals surface area contributed by atoms with Crippen molar-refractivity contribution in [3.05, 3.63) is 59.4 Å². The number of benzene rings is 2. The van der Waals surface area contributed by atoms with Crippen LogP contribution in [0.25, 0.3) is 11.3 Å². The van der Waals surface area contributed by atoms with Crippen molar-refractivity contribution in [3.63, 3.8) is 0 Å². The summed E-state index contributed by atoms with van der Waals surface area (Å²) in [5.41, 5.74) is 2.40. The second kappa shape index (κ2) is 18.6.